The van der Waals surface area contributed by atoms with Gasteiger partial charge < -0.3 is 13.7 Å². The maximum atomic E-state index is 12.4. The molecule has 0 atom stereocenters. The van der Waals surface area contributed by atoms with Crippen molar-refractivity contribution in [3.05, 3.63) is 18.1 Å². The molecule has 1 aromatic heterocycles. The molecule has 1 saturated heterocycles. The third-order valence-corrected chi connectivity index (χ3v) is 3.42. The Balaban J connectivity index is 2.23. The number of furan rings is 1. The Bertz CT molecular complexity index is 435. The first-order valence-electron chi connectivity index (χ1n) is 5.54. The van der Waals surface area contributed by atoms with Gasteiger partial charge in [-0.1, -0.05) is 0 Å². The summed E-state index contributed by atoms with van der Waals surface area (Å²) in [4.78, 5) is 0. The molecule has 3 nitrogen and oxygen atoms in total. The van der Waals surface area contributed by atoms with E-state index in [1.807, 2.05) is 27.7 Å². The lowest BCUT2D eigenvalue weighted by atomic mass is 9.81. The van der Waals surface area contributed by atoms with Crippen LogP contribution in [0.5, 0.6) is 0 Å². The van der Waals surface area contributed by atoms with E-state index >= 15 is 0 Å². The molecule has 0 N–H and O–H groups in total. The first-order valence-corrected chi connectivity index (χ1v) is 5.54. The van der Waals surface area contributed by atoms with Gasteiger partial charge in [-0.2, -0.15) is 13.2 Å². The van der Waals surface area contributed by atoms with Crippen molar-refractivity contribution in [2.24, 2.45) is 0 Å². The predicted molar refractivity (Wildman–Crippen MR) is 59.4 cm³/mol. The zero-order valence-electron chi connectivity index (χ0n) is 10.6. The van der Waals surface area contributed by atoms with Gasteiger partial charge in [0.25, 0.3) is 0 Å². The topological polar surface area (TPSA) is 31.6 Å². The van der Waals surface area contributed by atoms with Crippen LogP contribution in [0.25, 0.3) is 0 Å². The summed E-state index contributed by atoms with van der Waals surface area (Å²) in [5.41, 5.74) is -0.943. The van der Waals surface area contributed by atoms with Crippen molar-refractivity contribution in [1.82, 2.24) is 0 Å². The first-order chi connectivity index (χ1) is 8.03. The molecule has 0 unspecified atom stereocenters. The van der Waals surface area contributed by atoms with Crippen molar-refractivity contribution in [3.63, 3.8) is 0 Å². The minimum absolute atomic E-state index is 0.237. The van der Waals surface area contributed by atoms with E-state index in [0.29, 0.717) is 0 Å². The molecule has 18 heavy (non-hydrogen) atoms. The van der Waals surface area contributed by atoms with Crippen LogP contribution in [0.1, 0.15) is 33.5 Å². The minimum atomic E-state index is -4.50. The van der Waals surface area contributed by atoms with Crippen LogP contribution in [-0.4, -0.2) is 18.3 Å². The van der Waals surface area contributed by atoms with E-state index in [1.165, 1.54) is 0 Å². The van der Waals surface area contributed by atoms with Gasteiger partial charge in [-0.25, -0.2) is 0 Å². The monoisotopic (exact) mass is 262 g/mol. The highest BCUT2D eigenvalue weighted by Gasteiger charge is 2.52. The fourth-order valence-electron chi connectivity index (χ4n) is 1.60. The number of alkyl halides is 3. The van der Waals surface area contributed by atoms with Crippen LogP contribution in [-0.2, 0) is 15.5 Å². The fraction of sp³-hybridized carbons (Fsp3) is 0.636. The Morgan fingerprint density at radius 2 is 1.56 bits per heavy atom. The van der Waals surface area contributed by atoms with Crippen LogP contribution in [0.15, 0.2) is 16.7 Å². The lowest BCUT2D eigenvalue weighted by molar-refractivity contribution is -0.153. The summed E-state index contributed by atoms with van der Waals surface area (Å²) < 4.78 is 53.0. The summed E-state index contributed by atoms with van der Waals surface area (Å²) in [6.07, 6.45) is -3.48. The Morgan fingerprint density at radius 1 is 1.06 bits per heavy atom. The number of rotatable bonds is 1. The molecule has 100 valence electrons. The summed E-state index contributed by atoms with van der Waals surface area (Å²) in [5, 5.41) is 0. The molecule has 0 aromatic carbocycles. The van der Waals surface area contributed by atoms with Crippen molar-refractivity contribution in [3.8, 4) is 0 Å². The molecular formula is C11H14BF3O3. The molecule has 0 saturated carbocycles. The molecule has 1 fully saturated rings. The fourth-order valence-corrected chi connectivity index (χ4v) is 1.60. The molecule has 7 heteroatoms. The smallest absolute Gasteiger partial charge is 0.460 e. The molecule has 2 heterocycles. The van der Waals surface area contributed by atoms with Gasteiger partial charge in [-0.15, -0.1) is 0 Å². The van der Waals surface area contributed by atoms with Crippen molar-refractivity contribution >= 4 is 12.6 Å². The Labute approximate surface area is 103 Å². The average Bonchev–Trinajstić information content (AvgIpc) is 2.69. The predicted octanol–water partition coefficient (Wildman–Crippen LogP) is 2.60. The second-order valence-electron chi connectivity index (χ2n) is 5.33. The van der Waals surface area contributed by atoms with Crippen molar-refractivity contribution in [2.45, 2.75) is 45.1 Å². The van der Waals surface area contributed by atoms with Crippen LogP contribution >= 0.6 is 0 Å². The summed E-state index contributed by atoms with van der Waals surface area (Å²) in [7, 11) is -0.838. The normalized spacial score (nSPS) is 22.5. The molecule has 1 aromatic rings. The van der Waals surface area contributed by atoms with Crippen LogP contribution in [0.2, 0.25) is 0 Å². The molecule has 1 aliphatic rings. The standard InChI is InChI=1S/C11H14BF3O3/c1-9(2)10(3,4)18-12(17-9)7-5-8(16-6-7)11(13,14)15/h5-6H,1-4H3. The zero-order valence-corrected chi connectivity index (χ0v) is 10.6. The Morgan fingerprint density at radius 3 is 1.94 bits per heavy atom. The second-order valence-corrected chi connectivity index (χ2v) is 5.33. The third-order valence-electron chi connectivity index (χ3n) is 3.42. The summed E-state index contributed by atoms with van der Waals surface area (Å²) >= 11 is 0. The van der Waals surface area contributed by atoms with Gasteiger partial charge in [-0.05, 0) is 33.8 Å². The highest BCUT2D eigenvalue weighted by atomic mass is 19.4. The van der Waals surface area contributed by atoms with Gasteiger partial charge in [0.2, 0.25) is 5.76 Å². The molecule has 1 aliphatic heterocycles. The van der Waals surface area contributed by atoms with Crippen LogP contribution < -0.4 is 5.46 Å². The van der Waals surface area contributed by atoms with Gasteiger partial charge in [0.1, 0.15) is 0 Å². The first kappa shape index (κ1) is 13.5. The summed E-state index contributed by atoms with van der Waals surface area (Å²) in [5.74, 6) is -1.05. The lowest BCUT2D eigenvalue weighted by Crippen LogP contribution is -2.41. The van der Waals surface area contributed by atoms with Gasteiger partial charge >= 0.3 is 13.3 Å². The van der Waals surface area contributed by atoms with Crippen molar-refractivity contribution < 1.29 is 26.9 Å². The largest absolute Gasteiger partial charge is 0.498 e. The van der Waals surface area contributed by atoms with Gasteiger partial charge in [-0.3, -0.25) is 0 Å². The van der Waals surface area contributed by atoms with Crippen molar-refractivity contribution in [2.75, 3.05) is 0 Å². The van der Waals surface area contributed by atoms with E-state index in [9.17, 15) is 13.2 Å². The Hall–Kier alpha value is -0.945. The molecule has 0 bridgehead atoms. The average molecular weight is 262 g/mol. The maximum absolute atomic E-state index is 12.4. The van der Waals surface area contributed by atoms with E-state index in [2.05, 4.69) is 4.42 Å². The molecule has 0 spiro atoms. The van der Waals surface area contributed by atoms with E-state index in [4.69, 9.17) is 9.31 Å². The van der Waals surface area contributed by atoms with Gasteiger partial charge in [0, 0.05) is 5.46 Å². The van der Waals surface area contributed by atoms with Crippen LogP contribution in [0, 0.1) is 0 Å². The number of hydrogen-bond donors (Lipinski definition) is 0. The van der Waals surface area contributed by atoms with E-state index in [0.717, 1.165) is 12.3 Å². The highest BCUT2D eigenvalue weighted by molar-refractivity contribution is 6.62. The lowest BCUT2D eigenvalue weighted by Gasteiger charge is -2.32. The van der Waals surface area contributed by atoms with E-state index in [-0.39, 0.29) is 5.46 Å². The quantitative estimate of drug-likeness (QED) is 0.729. The van der Waals surface area contributed by atoms with E-state index < -0.39 is 30.3 Å². The third kappa shape index (κ3) is 2.17. The van der Waals surface area contributed by atoms with Crippen LogP contribution in [0.3, 0.4) is 0 Å². The van der Waals surface area contributed by atoms with Crippen LogP contribution in [0.4, 0.5) is 13.2 Å². The summed E-state index contributed by atoms with van der Waals surface area (Å²) in [6, 6.07) is 0.905. The maximum Gasteiger partial charge on any atom is 0.498 e. The molecule has 0 amide bonds. The minimum Gasteiger partial charge on any atom is -0.460 e. The van der Waals surface area contributed by atoms with Gasteiger partial charge in [0.05, 0.1) is 17.5 Å². The van der Waals surface area contributed by atoms with Gasteiger partial charge in [0.15, 0.2) is 0 Å². The molecule has 2 rings (SSSR count). The van der Waals surface area contributed by atoms with E-state index in [1.54, 1.807) is 0 Å². The zero-order chi connectivity index (χ0) is 13.8. The SMILES string of the molecule is CC1(C)OB(c2coc(C(F)(F)F)c2)OC1(C)C. The molecular weight excluding hydrogens is 248 g/mol. The number of hydrogen-bond acceptors (Lipinski definition) is 3. The second kappa shape index (κ2) is 3.77. The Kier molecular flexibility index (Phi) is 2.83. The molecule has 0 radical (unpaired) electrons. The van der Waals surface area contributed by atoms with Crippen molar-refractivity contribution in [1.29, 1.82) is 0 Å². The summed E-state index contributed by atoms with van der Waals surface area (Å²) in [6.45, 7) is 7.32. The molecule has 0 aliphatic carbocycles. The highest BCUT2D eigenvalue weighted by Crippen LogP contribution is 2.37. The number of halogens is 3.